The Morgan fingerprint density at radius 3 is 2.18 bits per heavy atom. The predicted octanol–water partition coefficient (Wildman–Crippen LogP) is 2.47. The van der Waals surface area contributed by atoms with Crippen molar-refractivity contribution in [2.24, 2.45) is 0 Å². The highest BCUT2D eigenvalue weighted by molar-refractivity contribution is 6.30. The fourth-order valence-electron chi connectivity index (χ4n) is 4.24. The molecule has 0 unspecified atom stereocenters. The van der Waals surface area contributed by atoms with E-state index in [1.165, 1.54) is 4.90 Å². The zero-order chi connectivity index (χ0) is 24.1. The second-order valence-corrected chi connectivity index (χ2v) is 9.27. The van der Waals surface area contributed by atoms with E-state index in [4.69, 9.17) is 23.2 Å². The summed E-state index contributed by atoms with van der Waals surface area (Å²) in [4.78, 5) is 44.1. The Bertz CT molecular complexity index is 1020. The molecule has 0 aliphatic carbocycles. The SMILES string of the molecule is O=C(C[C@@H]1C(=O)NCCN1C(=O)CN1CCN(c2ccc(Cl)cc2)CC1)Nc1ccc(Cl)cc1. The summed E-state index contributed by atoms with van der Waals surface area (Å²) in [5, 5.41) is 6.80. The second kappa shape index (κ2) is 11.1. The molecule has 2 aliphatic rings. The quantitative estimate of drug-likeness (QED) is 0.632. The number of carbonyl (C=O) groups excluding carboxylic acids is 3. The van der Waals surface area contributed by atoms with E-state index in [2.05, 4.69) is 20.4 Å². The third kappa shape index (κ3) is 6.20. The van der Waals surface area contributed by atoms with Gasteiger partial charge in [-0.25, -0.2) is 0 Å². The molecule has 4 rings (SSSR count). The molecule has 2 heterocycles. The van der Waals surface area contributed by atoms with Gasteiger partial charge in [-0.1, -0.05) is 23.2 Å². The summed E-state index contributed by atoms with van der Waals surface area (Å²) >= 11 is 11.9. The number of anilines is 2. The van der Waals surface area contributed by atoms with Gasteiger partial charge in [0.15, 0.2) is 0 Å². The largest absolute Gasteiger partial charge is 0.369 e. The molecule has 0 radical (unpaired) electrons. The standard InChI is InChI=1S/C24H27Cl2N5O3/c25-17-1-5-19(6-2-17)28-22(32)15-21-24(34)27-9-10-31(21)23(33)16-29-11-13-30(14-12-29)20-7-3-18(26)4-8-20/h1-8,21H,9-16H2,(H,27,34)(H,28,32)/t21-/m1/s1. The number of carbonyl (C=O) groups is 3. The number of nitrogens with one attached hydrogen (secondary N) is 2. The first-order valence-corrected chi connectivity index (χ1v) is 12.0. The van der Waals surface area contributed by atoms with Crippen molar-refractivity contribution in [1.82, 2.24) is 15.1 Å². The third-order valence-corrected chi connectivity index (χ3v) is 6.58. The minimum atomic E-state index is -0.830. The number of hydrogen-bond donors (Lipinski definition) is 2. The molecule has 0 saturated carbocycles. The molecule has 0 bridgehead atoms. The van der Waals surface area contributed by atoms with E-state index in [-0.39, 0.29) is 30.7 Å². The van der Waals surface area contributed by atoms with Gasteiger partial charge in [-0.3, -0.25) is 19.3 Å². The number of amides is 3. The Morgan fingerprint density at radius 2 is 1.53 bits per heavy atom. The average molecular weight is 504 g/mol. The molecule has 3 amide bonds. The average Bonchev–Trinajstić information content (AvgIpc) is 2.83. The second-order valence-electron chi connectivity index (χ2n) is 8.39. The van der Waals surface area contributed by atoms with Crippen LogP contribution in [0, 0.1) is 0 Å². The van der Waals surface area contributed by atoms with Gasteiger partial charge in [-0.15, -0.1) is 0 Å². The van der Waals surface area contributed by atoms with Gasteiger partial charge in [0.2, 0.25) is 17.7 Å². The van der Waals surface area contributed by atoms with Crippen molar-refractivity contribution in [3.63, 3.8) is 0 Å². The molecule has 2 aliphatic heterocycles. The van der Waals surface area contributed by atoms with Crippen LogP contribution in [0.3, 0.4) is 0 Å². The van der Waals surface area contributed by atoms with Gasteiger partial charge in [-0.2, -0.15) is 0 Å². The normalized spacial score (nSPS) is 19.0. The van der Waals surface area contributed by atoms with E-state index in [1.807, 2.05) is 24.3 Å². The number of piperazine rings is 2. The van der Waals surface area contributed by atoms with Crippen LogP contribution in [0.2, 0.25) is 10.0 Å². The fourth-order valence-corrected chi connectivity index (χ4v) is 4.49. The number of benzene rings is 2. The first kappa shape index (κ1) is 24.3. The van der Waals surface area contributed by atoms with Crippen molar-refractivity contribution in [3.05, 3.63) is 58.6 Å². The maximum atomic E-state index is 13.1. The summed E-state index contributed by atoms with van der Waals surface area (Å²) in [6.45, 7) is 4.03. The molecule has 2 fully saturated rings. The van der Waals surface area contributed by atoms with Crippen LogP contribution in [0.25, 0.3) is 0 Å². The minimum Gasteiger partial charge on any atom is -0.369 e. The van der Waals surface area contributed by atoms with Crippen molar-refractivity contribution >= 4 is 52.3 Å². The lowest BCUT2D eigenvalue weighted by atomic mass is 10.1. The van der Waals surface area contributed by atoms with E-state index in [9.17, 15) is 14.4 Å². The van der Waals surface area contributed by atoms with E-state index in [0.717, 1.165) is 31.9 Å². The van der Waals surface area contributed by atoms with Crippen LogP contribution >= 0.6 is 23.2 Å². The maximum absolute atomic E-state index is 13.1. The first-order valence-electron chi connectivity index (χ1n) is 11.2. The molecule has 2 saturated heterocycles. The maximum Gasteiger partial charge on any atom is 0.243 e. The minimum absolute atomic E-state index is 0.107. The van der Waals surface area contributed by atoms with Crippen LogP contribution in [0.5, 0.6) is 0 Å². The number of halogens is 2. The Kier molecular flexibility index (Phi) is 7.92. The van der Waals surface area contributed by atoms with Gasteiger partial charge in [0.05, 0.1) is 13.0 Å². The van der Waals surface area contributed by atoms with Crippen molar-refractivity contribution < 1.29 is 14.4 Å². The number of rotatable bonds is 6. The molecule has 0 aromatic heterocycles. The van der Waals surface area contributed by atoms with Crippen LogP contribution < -0.4 is 15.5 Å². The van der Waals surface area contributed by atoms with Crippen molar-refractivity contribution in [2.45, 2.75) is 12.5 Å². The van der Waals surface area contributed by atoms with Crippen LogP contribution in [-0.2, 0) is 14.4 Å². The van der Waals surface area contributed by atoms with E-state index < -0.39 is 6.04 Å². The highest BCUT2D eigenvalue weighted by Gasteiger charge is 2.35. The molecule has 2 aromatic carbocycles. The highest BCUT2D eigenvalue weighted by Crippen LogP contribution is 2.20. The van der Waals surface area contributed by atoms with Gasteiger partial charge in [-0.05, 0) is 48.5 Å². The Morgan fingerprint density at radius 1 is 0.912 bits per heavy atom. The lowest BCUT2D eigenvalue weighted by Gasteiger charge is -2.39. The summed E-state index contributed by atoms with van der Waals surface area (Å²) in [6, 6.07) is 13.6. The number of hydrogen-bond acceptors (Lipinski definition) is 5. The van der Waals surface area contributed by atoms with Crippen LogP contribution in [0.4, 0.5) is 11.4 Å². The molecule has 1 atom stereocenters. The summed E-state index contributed by atoms with van der Waals surface area (Å²) in [5.74, 6) is -0.781. The third-order valence-electron chi connectivity index (χ3n) is 6.08. The van der Waals surface area contributed by atoms with E-state index in [0.29, 0.717) is 28.8 Å². The van der Waals surface area contributed by atoms with Crippen molar-refractivity contribution in [2.75, 3.05) is 56.0 Å². The topological polar surface area (TPSA) is 85.0 Å². The van der Waals surface area contributed by atoms with Crippen LogP contribution in [-0.4, -0.2) is 79.4 Å². The molecule has 8 nitrogen and oxygen atoms in total. The molecule has 34 heavy (non-hydrogen) atoms. The van der Waals surface area contributed by atoms with Gasteiger partial charge < -0.3 is 20.4 Å². The summed E-state index contributed by atoms with van der Waals surface area (Å²) < 4.78 is 0. The molecule has 2 N–H and O–H groups in total. The molecular weight excluding hydrogens is 477 g/mol. The monoisotopic (exact) mass is 503 g/mol. The summed E-state index contributed by atoms with van der Waals surface area (Å²) in [5.41, 5.74) is 1.69. The fraction of sp³-hybridized carbons (Fsp3) is 0.375. The Labute approximate surface area is 208 Å². The van der Waals surface area contributed by atoms with Gasteiger partial charge >= 0.3 is 0 Å². The van der Waals surface area contributed by atoms with Gasteiger partial charge in [0.25, 0.3) is 0 Å². The van der Waals surface area contributed by atoms with Crippen molar-refractivity contribution in [1.29, 1.82) is 0 Å². The predicted molar refractivity (Wildman–Crippen MR) is 133 cm³/mol. The van der Waals surface area contributed by atoms with Gasteiger partial charge in [0.1, 0.15) is 6.04 Å². The zero-order valence-corrected chi connectivity index (χ0v) is 20.2. The van der Waals surface area contributed by atoms with E-state index >= 15 is 0 Å². The molecule has 2 aromatic rings. The summed E-state index contributed by atoms with van der Waals surface area (Å²) in [7, 11) is 0. The van der Waals surface area contributed by atoms with Crippen LogP contribution in [0.1, 0.15) is 6.42 Å². The zero-order valence-electron chi connectivity index (χ0n) is 18.7. The van der Waals surface area contributed by atoms with Crippen molar-refractivity contribution in [3.8, 4) is 0 Å². The Hall–Kier alpha value is -2.81. The van der Waals surface area contributed by atoms with Gasteiger partial charge in [0, 0.05) is 60.7 Å². The molecular formula is C24H27Cl2N5O3. The Balaban J connectivity index is 1.31. The lowest BCUT2D eigenvalue weighted by Crippen LogP contribution is -2.60. The van der Waals surface area contributed by atoms with E-state index in [1.54, 1.807) is 24.3 Å². The van der Waals surface area contributed by atoms with Crippen LogP contribution in [0.15, 0.2) is 48.5 Å². The first-order chi connectivity index (χ1) is 16.4. The number of nitrogens with zero attached hydrogens (tertiary/aromatic N) is 3. The highest BCUT2D eigenvalue weighted by atomic mass is 35.5. The lowest BCUT2D eigenvalue weighted by molar-refractivity contribution is -0.145. The molecule has 180 valence electrons. The smallest absolute Gasteiger partial charge is 0.243 e. The molecule has 0 spiro atoms. The summed E-state index contributed by atoms with van der Waals surface area (Å²) in [6.07, 6.45) is -0.107. The molecule has 10 heteroatoms.